The molecule has 0 radical (unpaired) electrons. The molecule has 0 saturated heterocycles. The van der Waals surface area contributed by atoms with E-state index in [0.29, 0.717) is 11.3 Å². The van der Waals surface area contributed by atoms with Crippen LogP contribution in [0.3, 0.4) is 0 Å². The molecule has 0 aliphatic carbocycles. The third-order valence-corrected chi connectivity index (χ3v) is 4.80. The summed E-state index contributed by atoms with van der Waals surface area (Å²) in [6, 6.07) is 15.6. The molecule has 0 aliphatic heterocycles. The largest absolute Gasteiger partial charge is 0.496 e. The highest BCUT2D eigenvalue weighted by Crippen LogP contribution is 2.37. The van der Waals surface area contributed by atoms with Crippen LogP contribution in [0.2, 0.25) is 0 Å². The second-order valence-electron chi connectivity index (χ2n) is 7.00. The Balaban J connectivity index is 1.74. The number of rotatable bonds is 10. The molecule has 0 aliphatic rings. The SMILES string of the molecule is COc1ccc(OCC(=O)Nc2cc(OC)c(NC(=O)c3ccccc3)cc2OC)c([N+](=O)[O-])c1. The van der Waals surface area contributed by atoms with E-state index in [1.807, 2.05) is 0 Å². The highest BCUT2D eigenvalue weighted by atomic mass is 16.6. The van der Waals surface area contributed by atoms with E-state index in [0.717, 1.165) is 0 Å². The number of ether oxygens (including phenoxy) is 4. The molecule has 182 valence electrons. The predicted molar refractivity (Wildman–Crippen MR) is 128 cm³/mol. The summed E-state index contributed by atoms with van der Waals surface area (Å²) < 4.78 is 21.0. The van der Waals surface area contributed by atoms with Crippen molar-refractivity contribution in [1.29, 1.82) is 0 Å². The Morgan fingerprint density at radius 3 is 2.03 bits per heavy atom. The topological polar surface area (TPSA) is 138 Å². The highest BCUT2D eigenvalue weighted by Gasteiger charge is 2.19. The molecule has 0 fully saturated rings. The van der Waals surface area contributed by atoms with E-state index >= 15 is 0 Å². The Morgan fingerprint density at radius 2 is 1.46 bits per heavy atom. The number of nitrogens with zero attached hydrogens (tertiary/aromatic N) is 1. The Morgan fingerprint density at radius 1 is 0.829 bits per heavy atom. The van der Waals surface area contributed by atoms with Crippen LogP contribution < -0.4 is 29.6 Å². The number of amides is 2. The van der Waals surface area contributed by atoms with Crippen LogP contribution in [0.1, 0.15) is 10.4 Å². The van der Waals surface area contributed by atoms with E-state index in [2.05, 4.69) is 10.6 Å². The Bertz CT molecular complexity index is 1230. The molecule has 2 N–H and O–H groups in total. The molecule has 35 heavy (non-hydrogen) atoms. The molecule has 11 nitrogen and oxygen atoms in total. The number of benzene rings is 3. The van der Waals surface area contributed by atoms with Crippen molar-refractivity contribution in [2.75, 3.05) is 38.6 Å². The van der Waals surface area contributed by atoms with Gasteiger partial charge in [0.1, 0.15) is 17.2 Å². The summed E-state index contributed by atoms with van der Waals surface area (Å²) in [7, 11) is 4.20. The van der Waals surface area contributed by atoms with Gasteiger partial charge >= 0.3 is 5.69 Å². The Labute approximate surface area is 200 Å². The molecule has 0 unspecified atom stereocenters. The number of carbonyl (C=O) groups is 2. The summed E-state index contributed by atoms with van der Waals surface area (Å²) in [5, 5.41) is 16.7. The zero-order valence-corrected chi connectivity index (χ0v) is 19.2. The van der Waals surface area contributed by atoms with Crippen LogP contribution in [-0.2, 0) is 4.79 Å². The third kappa shape index (κ3) is 6.16. The average molecular weight is 481 g/mol. The van der Waals surface area contributed by atoms with Crippen LogP contribution in [-0.4, -0.2) is 44.7 Å². The van der Waals surface area contributed by atoms with Gasteiger partial charge in [-0.25, -0.2) is 0 Å². The molecule has 0 heterocycles. The van der Waals surface area contributed by atoms with Gasteiger partial charge in [-0.15, -0.1) is 0 Å². The second kappa shape index (κ2) is 11.4. The molecular formula is C24H23N3O8. The number of hydrogen-bond acceptors (Lipinski definition) is 8. The fourth-order valence-electron chi connectivity index (χ4n) is 3.10. The lowest BCUT2D eigenvalue weighted by molar-refractivity contribution is -0.385. The predicted octanol–water partition coefficient (Wildman–Crippen LogP) is 3.89. The highest BCUT2D eigenvalue weighted by molar-refractivity contribution is 6.05. The fraction of sp³-hybridized carbons (Fsp3) is 0.167. The number of anilines is 2. The van der Waals surface area contributed by atoms with Crippen LogP contribution in [0.5, 0.6) is 23.0 Å². The van der Waals surface area contributed by atoms with Crippen LogP contribution in [0.4, 0.5) is 17.1 Å². The lowest BCUT2D eigenvalue weighted by Gasteiger charge is -2.16. The average Bonchev–Trinajstić information content (AvgIpc) is 2.88. The van der Waals surface area contributed by atoms with Gasteiger partial charge in [-0.1, -0.05) is 18.2 Å². The van der Waals surface area contributed by atoms with Gasteiger partial charge < -0.3 is 29.6 Å². The molecule has 0 bridgehead atoms. The summed E-state index contributed by atoms with van der Waals surface area (Å²) >= 11 is 0. The lowest BCUT2D eigenvalue weighted by atomic mass is 10.2. The number of nitro groups is 1. The van der Waals surface area contributed by atoms with Crippen molar-refractivity contribution in [1.82, 2.24) is 0 Å². The van der Waals surface area contributed by atoms with Gasteiger partial charge in [-0.3, -0.25) is 19.7 Å². The minimum atomic E-state index is -0.633. The van der Waals surface area contributed by atoms with Gasteiger partial charge in [-0.05, 0) is 24.3 Å². The van der Waals surface area contributed by atoms with Crippen LogP contribution in [0.15, 0.2) is 60.7 Å². The van der Waals surface area contributed by atoms with E-state index in [-0.39, 0.29) is 40.3 Å². The first-order valence-electron chi connectivity index (χ1n) is 10.2. The van der Waals surface area contributed by atoms with Crippen molar-refractivity contribution in [3.63, 3.8) is 0 Å². The van der Waals surface area contributed by atoms with Gasteiger partial charge in [0.05, 0.1) is 43.7 Å². The van der Waals surface area contributed by atoms with Crippen LogP contribution in [0.25, 0.3) is 0 Å². The summed E-state index contributed by atoms with van der Waals surface area (Å²) in [5.41, 5.74) is 0.701. The molecule has 0 spiro atoms. The summed E-state index contributed by atoms with van der Waals surface area (Å²) in [6.07, 6.45) is 0. The van der Waals surface area contributed by atoms with E-state index in [9.17, 15) is 19.7 Å². The first kappa shape index (κ1) is 24.8. The Hall–Kier alpha value is -4.80. The van der Waals surface area contributed by atoms with Crippen molar-refractivity contribution in [2.24, 2.45) is 0 Å². The molecule has 3 aromatic rings. The second-order valence-corrected chi connectivity index (χ2v) is 7.00. The summed E-state index contributed by atoms with van der Waals surface area (Å²) in [6.45, 7) is -0.509. The quantitative estimate of drug-likeness (QED) is 0.329. The zero-order chi connectivity index (χ0) is 25.4. The number of hydrogen-bond donors (Lipinski definition) is 2. The molecule has 11 heteroatoms. The number of methoxy groups -OCH3 is 3. The van der Waals surface area contributed by atoms with Gasteiger partial charge in [0, 0.05) is 17.7 Å². The molecule has 2 amide bonds. The van der Waals surface area contributed by atoms with Crippen molar-refractivity contribution in [3.05, 3.63) is 76.3 Å². The maximum atomic E-state index is 12.5. The molecule has 0 saturated carbocycles. The van der Waals surface area contributed by atoms with Crippen molar-refractivity contribution in [2.45, 2.75) is 0 Å². The van der Waals surface area contributed by atoms with Crippen LogP contribution >= 0.6 is 0 Å². The standard InChI is InChI=1S/C24H23N3O8/c1-32-16-9-10-20(19(11-16)27(30)31)35-14-23(28)25-17-12-22(34-3)18(13-21(17)33-2)26-24(29)15-7-5-4-6-8-15/h4-13H,14H2,1-3H3,(H,25,28)(H,26,29). The monoisotopic (exact) mass is 481 g/mol. The summed E-state index contributed by atoms with van der Waals surface area (Å²) in [5.74, 6) is -0.233. The lowest BCUT2D eigenvalue weighted by Crippen LogP contribution is -2.21. The molecule has 3 rings (SSSR count). The maximum absolute atomic E-state index is 12.5. The van der Waals surface area contributed by atoms with Gasteiger partial charge in [0.2, 0.25) is 0 Å². The fourth-order valence-corrected chi connectivity index (χ4v) is 3.10. The van der Waals surface area contributed by atoms with Crippen molar-refractivity contribution >= 4 is 28.9 Å². The molecule has 0 atom stereocenters. The normalized spacial score (nSPS) is 10.1. The number of nitro benzene ring substituents is 1. The summed E-state index contributed by atoms with van der Waals surface area (Å²) in [4.78, 5) is 35.7. The van der Waals surface area contributed by atoms with E-state index in [1.165, 1.54) is 51.7 Å². The minimum absolute atomic E-state index is 0.0885. The van der Waals surface area contributed by atoms with E-state index in [1.54, 1.807) is 30.3 Å². The minimum Gasteiger partial charge on any atom is -0.496 e. The van der Waals surface area contributed by atoms with Crippen LogP contribution in [0, 0.1) is 10.1 Å². The molecule has 3 aromatic carbocycles. The zero-order valence-electron chi connectivity index (χ0n) is 19.2. The number of nitrogens with one attached hydrogen (secondary N) is 2. The molecule has 0 aromatic heterocycles. The first-order chi connectivity index (χ1) is 16.9. The van der Waals surface area contributed by atoms with E-state index < -0.39 is 17.4 Å². The van der Waals surface area contributed by atoms with E-state index in [4.69, 9.17) is 18.9 Å². The Kier molecular flexibility index (Phi) is 8.06. The number of carbonyl (C=O) groups excluding carboxylic acids is 2. The van der Waals surface area contributed by atoms with Gasteiger partial charge in [0.15, 0.2) is 12.4 Å². The van der Waals surface area contributed by atoms with Gasteiger partial charge in [-0.2, -0.15) is 0 Å². The molecular weight excluding hydrogens is 458 g/mol. The van der Waals surface area contributed by atoms with Gasteiger partial charge in [0.25, 0.3) is 11.8 Å². The maximum Gasteiger partial charge on any atom is 0.314 e. The first-order valence-corrected chi connectivity index (χ1v) is 10.2. The third-order valence-electron chi connectivity index (χ3n) is 4.80. The van der Waals surface area contributed by atoms with Crippen molar-refractivity contribution in [3.8, 4) is 23.0 Å². The van der Waals surface area contributed by atoms with Crippen molar-refractivity contribution < 1.29 is 33.5 Å². The smallest absolute Gasteiger partial charge is 0.314 e.